The summed E-state index contributed by atoms with van der Waals surface area (Å²) < 4.78 is 0. The minimum atomic E-state index is -0.892. The summed E-state index contributed by atoms with van der Waals surface area (Å²) in [5.74, 6) is -1.14. The Bertz CT molecular complexity index is 608. The SMILES string of the molecule is CSc1cc(C(=O)N2CCC(C)(C(=O)O)C2)c(Cl)cc1Cl. The molecule has 1 aliphatic heterocycles. The molecule has 1 aromatic carbocycles. The number of thioether (sulfide) groups is 1. The van der Waals surface area contributed by atoms with E-state index < -0.39 is 11.4 Å². The van der Waals surface area contributed by atoms with Crippen molar-refractivity contribution in [3.8, 4) is 0 Å². The van der Waals surface area contributed by atoms with E-state index >= 15 is 0 Å². The molecule has 1 atom stereocenters. The number of hydrogen-bond acceptors (Lipinski definition) is 3. The lowest BCUT2D eigenvalue weighted by Crippen LogP contribution is -2.35. The molecule has 21 heavy (non-hydrogen) atoms. The van der Waals surface area contributed by atoms with E-state index in [1.807, 2.05) is 6.26 Å². The molecule has 0 aliphatic carbocycles. The second-order valence-corrected chi connectivity index (χ2v) is 6.97. The van der Waals surface area contributed by atoms with Crippen LogP contribution in [-0.4, -0.2) is 41.2 Å². The zero-order valence-electron chi connectivity index (χ0n) is 11.7. The number of amides is 1. The number of carbonyl (C=O) groups excluding carboxylic acids is 1. The predicted molar refractivity (Wildman–Crippen MR) is 84.5 cm³/mol. The number of carboxylic acids is 1. The van der Waals surface area contributed by atoms with Gasteiger partial charge in [-0.1, -0.05) is 23.2 Å². The molecule has 114 valence electrons. The second-order valence-electron chi connectivity index (χ2n) is 5.31. The predicted octanol–water partition coefficient (Wildman–Crippen LogP) is 3.65. The molecule has 0 aromatic heterocycles. The molecule has 1 N–H and O–H groups in total. The first-order valence-corrected chi connectivity index (χ1v) is 8.32. The van der Waals surface area contributed by atoms with E-state index in [0.29, 0.717) is 23.6 Å². The molecule has 1 aromatic rings. The zero-order chi connectivity index (χ0) is 15.8. The van der Waals surface area contributed by atoms with Gasteiger partial charge in [0.25, 0.3) is 5.91 Å². The largest absolute Gasteiger partial charge is 0.481 e. The van der Waals surface area contributed by atoms with Crippen molar-refractivity contribution in [2.24, 2.45) is 5.41 Å². The Morgan fingerprint density at radius 3 is 2.52 bits per heavy atom. The quantitative estimate of drug-likeness (QED) is 0.847. The van der Waals surface area contributed by atoms with Gasteiger partial charge in [-0.25, -0.2) is 0 Å². The summed E-state index contributed by atoms with van der Waals surface area (Å²) in [5.41, 5.74) is -0.531. The minimum absolute atomic E-state index is 0.189. The topological polar surface area (TPSA) is 57.6 Å². The van der Waals surface area contributed by atoms with Crippen LogP contribution in [0, 0.1) is 5.41 Å². The molecule has 1 aliphatic rings. The van der Waals surface area contributed by atoms with Gasteiger partial charge in [-0.05, 0) is 31.7 Å². The highest BCUT2D eigenvalue weighted by Crippen LogP contribution is 2.35. The van der Waals surface area contributed by atoms with Gasteiger partial charge < -0.3 is 10.0 Å². The van der Waals surface area contributed by atoms with Crippen LogP contribution in [-0.2, 0) is 4.79 Å². The molecule has 4 nitrogen and oxygen atoms in total. The van der Waals surface area contributed by atoms with Crippen molar-refractivity contribution in [2.45, 2.75) is 18.2 Å². The van der Waals surface area contributed by atoms with Gasteiger partial charge in [0, 0.05) is 18.0 Å². The number of nitrogens with zero attached hydrogens (tertiary/aromatic N) is 1. The molecular formula is C14H15Cl2NO3S. The smallest absolute Gasteiger partial charge is 0.311 e. The molecule has 2 rings (SSSR count). The number of rotatable bonds is 3. The molecule has 0 radical (unpaired) electrons. The molecular weight excluding hydrogens is 333 g/mol. The summed E-state index contributed by atoms with van der Waals surface area (Å²) in [5, 5.41) is 10.0. The van der Waals surface area contributed by atoms with E-state index in [9.17, 15) is 14.7 Å². The first-order chi connectivity index (χ1) is 9.78. The molecule has 1 heterocycles. The number of likely N-dealkylation sites (tertiary alicyclic amines) is 1. The fourth-order valence-corrected chi connectivity index (χ4v) is 3.51. The molecule has 1 unspecified atom stereocenters. The van der Waals surface area contributed by atoms with E-state index in [1.165, 1.54) is 16.7 Å². The average molecular weight is 348 g/mol. The van der Waals surface area contributed by atoms with Crippen LogP contribution >= 0.6 is 35.0 Å². The number of carboxylic acid groups (broad SMARTS) is 1. The molecule has 1 amide bonds. The van der Waals surface area contributed by atoms with Gasteiger partial charge >= 0.3 is 5.97 Å². The number of carbonyl (C=O) groups is 2. The molecule has 1 fully saturated rings. The second kappa shape index (κ2) is 6.07. The highest BCUT2D eigenvalue weighted by molar-refractivity contribution is 7.98. The van der Waals surface area contributed by atoms with Crippen molar-refractivity contribution in [3.63, 3.8) is 0 Å². The number of halogens is 2. The summed E-state index contributed by atoms with van der Waals surface area (Å²) >= 11 is 13.6. The maximum atomic E-state index is 12.6. The lowest BCUT2D eigenvalue weighted by atomic mass is 9.90. The van der Waals surface area contributed by atoms with Crippen LogP contribution in [0.4, 0.5) is 0 Å². The van der Waals surface area contributed by atoms with Crippen molar-refractivity contribution in [3.05, 3.63) is 27.7 Å². The van der Waals surface area contributed by atoms with Crippen LogP contribution in [0.25, 0.3) is 0 Å². The lowest BCUT2D eigenvalue weighted by molar-refractivity contribution is -0.147. The van der Waals surface area contributed by atoms with Crippen molar-refractivity contribution >= 4 is 46.8 Å². The standard InChI is InChI=1S/C14H15Cl2NO3S/c1-14(13(19)20)3-4-17(7-14)12(18)8-5-11(21-2)10(16)6-9(8)15/h5-6H,3-4,7H2,1-2H3,(H,19,20). The van der Waals surface area contributed by atoms with E-state index in [1.54, 1.807) is 19.1 Å². The van der Waals surface area contributed by atoms with Gasteiger partial charge in [-0.3, -0.25) is 9.59 Å². The van der Waals surface area contributed by atoms with Gasteiger partial charge in [-0.2, -0.15) is 0 Å². The highest BCUT2D eigenvalue weighted by Gasteiger charge is 2.42. The van der Waals surface area contributed by atoms with Crippen LogP contribution in [0.15, 0.2) is 17.0 Å². The Balaban J connectivity index is 2.28. The van der Waals surface area contributed by atoms with E-state index in [0.717, 1.165) is 4.90 Å². The highest BCUT2D eigenvalue weighted by atomic mass is 35.5. The third-order valence-corrected chi connectivity index (χ3v) is 5.26. The van der Waals surface area contributed by atoms with Crippen LogP contribution in [0.2, 0.25) is 10.0 Å². The molecule has 0 spiro atoms. The first-order valence-electron chi connectivity index (χ1n) is 6.34. The van der Waals surface area contributed by atoms with Gasteiger partial charge in [0.05, 0.1) is 21.0 Å². The molecule has 0 bridgehead atoms. The Hall–Kier alpha value is -0.910. The first kappa shape index (κ1) is 16.5. The van der Waals surface area contributed by atoms with E-state index in [2.05, 4.69) is 0 Å². The molecule has 7 heteroatoms. The summed E-state index contributed by atoms with van der Waals surface area (Å²) in [7, 11) is 0. The zero-order valence-corrected chi connectivity index (χ0v) is 14.0. The Morgan fingerprint density at radius 2 is 2.00 bits per heavy atom. The summed E-state index contributed by atoms with van der Waals surface area (Å²) in [6.45, 7) is 2.25. The van der Waals surface area contributed by atoms with Crippen molar-refractivity contribution < 1.29 is 14.7 Å². The Labute approximate surface area is 137 Å². The van der Waals surface area contributed by atoms with Crippen LogP contribution < -0.4 is 0 Å². The summed E-state index contributed by atoms with van der Waals surface area (Å²) in [6, 6.07) is 3.21. The Morgan fingerprint density at radius 1 is 1.33 bits per heavy atom. The maximum absolute atomic E-state index is 12.6. The van der Waals surface area contributed by atoms with E-state index in [-0.39, 0.29) is 17.5 Å². The van der Waals surface area contributed by atoms with Gasteiger partial charge in [0.1, 0.15) is 0 Å². The molecule has 0 saturated carbocycles. The molecule has 1 saturated heterocycles. The van der Waals surface area contributed by atoms with Crippen molar-refractivity contribution in [2.75, 3.05) is 19.3 Å². The third kappa shape index (κ3) is 3.15. The third-order valence-electron chi connectivity index (χ3n) is 3.75. The van der Waals surface area contributed by atoms with Crippen LogP contribution in [0.1, 0.15) is 23.7 Å². The van der Waals surface area contributed by atoms with Crippen molar-refractivity contribution in [1.82, 2.24) is 4.90 Å². The lowest BCUT2D eigenvalue weighted by Gasteiger charge is -2.21. The summed E-state index contributed by atoms with van der Waals surface area (Å²) in [6.07, 6.45) is 2.30. The van der Waals surface area contributed by atoms with E-state index in [4.69, 9.17) is 23.2 Å². The minimum Gasteiger partial charge on any atom is -0.481 e. The monoisotopic (exact) mass is 347 g/mol. The number of hydrogen-bond donors (Lipinski definition) is 1. The Kier molecular flexibility index (Phi) is 4.76. The fraction of sp³-hybridized carbons (Fsp3) is 0.429. The van der Waals surface area contributed by atoms with Crippen LogP contribution in [0.5, 0.6) is 0 Å². The number of benzene rings is 1. The fourth-order valence-electron chi connectivity index (χ4n) is 2.33. The number of aliphatic carboxylic acids is 1. The van der Waals surface area contributed by atoms with Crippen molar-refractivity contribution in [1.29, 1.82) is 0 Å². The van der Waals surface area contributed by atoms with Crippen LogP contribution in [0.3, 0.4) is 0 Å². The normalized spacial score (nSPS) is 21.6. The summed E-state index contributed by atoms with van der Waals surface area (Å²) in [4.78, 5) is 26.1. The van der Waals surface area contributed by atoms with Gasteiger partial charge in [-0.15, -0.1) is 11.8 Å². The van der Waals surface area contributed by atoms with Gasteiger partial charge in [0.15, 0.2) is 0 Å². The van der Waals surface area contributed by atoms with Gasteiger partial charge in [0.2, 0.25) is 0 Å². The average Bonchev–Trinajstić information content (AvgIpc) is 2.82. The maximum Gasteiger partial charge on any atom is 0.311 e.